The van der Waals surface area contributed by atoms with Crippen LogP contribution in [0.4, 0.5) is 0 Å². The van der Waals surface area contributed by atoms with Gasteiger partial charge in [-0.3, -0.25) is 4.57 Å². The van der Waals surface area contributed by atoms with E-state index in [0.29, 0.717) is 54.0 Å². The summed E-state index contributed by atoms with van der Waals surface area (Å²) in [6, 6.07) is 17.0. The van der Waals surface area contributed by atoms with Crippen molar-refractivity contribution in [2.45, 2.75) is 102 Å². The van der Waals surface area contributed by atoms with E-state index in [1.165, 1.54) is 0 Å². The standard InChI is InChI=1S/C34H47ClN2O6Si2/c1-34(2,3)45(7,8)43-30-21-41-31-29(20-40-32(30)31)42-33-25(18-36)24-16-28(39-19-23-12-10-9-11-13-23)26(35)17-27(24)37(33)22-38-14-15-44(4,5)6/h9-13,16-17,29-32H,14-15,19-22H2,1-8H3/t29-,30?,31-,32-/m1/s1. The Morgan fingerprint density at radius 2 is 1.67 bits per heavy atom. The van der Waals surface area contributed by atoms with Gasteiger partial charge in [-0.2, -0.15) is 5.26 Å². The number of ether oxygens (including phenoxy) is 5. The maximum atomic E-state index is 10.5. The van der Waals surface area contributed by atoms with Gasteiger partial charge in [0.2, 0.25) is 5.88 Å². The molecule has 0 bridgehead atoms. The van der Waals surface area contributed by atoms with Crippen LogP contribution in [0.1, 0.15) is 31.9 Å². The third-order valence-corrected chi connectivity index (χ3v) is 15.6. The largest absolute Gasteiger partial charge is 0.487 e. The van der Waals surface area contributed by atoms with Gasteiger partial charge in [-0.25, -0.2) is 0 Å². The van der Waals surface area contributed by atoms with Gasteiger partial charge in [0.1, 0.15) is 42.9 Å². The van der Waals surface area contributed by atoms with Crippen molar-refractivity contribution in [3.8, 4) is 17.7 Å². The molecule has 2 aliphatic rings. The number of nitrogens with zero attached hydrogens (tertiary/aromatic N) is 2. The van der Waals surface area contributed by atoms with Crippen molar-refractivity contribution in [1.29, 1.82) is 5.26 Å². The van der Waals surface area contributed by atoms with Crippen LogP contribution in [-0.2, 0) is 32.0 Å². The molecule has 0 aliphatic carbocycles. The lowest BCUT2D eigenvalue weighted by Crippen LogP contribution is -2.47. The van der Waals surface area contributed by atoms with Gasteiger partial charge in [0, 0.05) is 20.1 Å². The number of rotatable bonds is 12. The van der Waals surface area contributed by atoms with Crippen LogP contribution in [0.15, 0.2) is 42.5 Å². The second-order valence-corrected chi connectivity index (χ2v) is 25.6. The number of hydrogen-bond acceptors (Lipinski definition) is 7. The van der Waals surface area contributed by atoms with E-state index in [-0.39, 0.29) is 30.1 Å². The molecule has 3 aromatic rings. The van der Waals surface area contributed by atoms with Crippen LogP contribution < -0.4 is 9.47 Å². The molecule has 2 fully saturated rings. The van der Waals surface area contributed by atoms with Gasteiger partial charge in [0.25, 0.3) is 0 Å². The Morgan fingerprint density at radius 1 is 1.00 bits per heavy atom. The first-order valence-electron chi connectivity index (χ1n) is 15.8. The molecule has 4 atom stereocenters. The molecule has 2 aromatic carbocycles. The van der Waals surface area contributed by atoms with Crippen molar-refractivity contribution in [2.75, 3.05) is 19.8 Å². The molecular formula is C34H47ClN2O6Si2. The lowest BCUT2D eigenvalue weighted by Gasteiger charge is -2.39. The predicted octanol–water partition coefficient (Wildman–Crippen LogP) is 7.99. The van der Waals surface area contributed by atoms with Crippen LogP contribution in [0.3, 0.4) is 0 Å². The van der Waals surface area contributed by atoms with Crippen molar-refractivity contribution in [2.24, 2.45) is 0 Å². The fourth-order valence-electron chi connectivity index (χ4n) is 5.39. The third kappa shape index (κ3) is 7.62. The van der Waals surface area contributed by atoms with E-state index in [9.17, 15) is 5.26 Å². The van der Waals surface area contributed by atoms with E-state index >= 15 is 0 Å². The van der Waals surface area contributed by atoms with Crippen molar-refractivity contribution in [3.05, 3.63) is 58.6 Å². The van der Waals surface area contributed by atoms with Crippen molar-refractivity contribution in [1.82, 2.24) is 4.57 Å². The molecule has 0 radical (unpaired) electrons. The summed E-state index contributed by atoms with van der Waals surface area (Å²) in [5.74, 6) is 0.922. The lowest BCUT2D eigenvalue weighted by atomic mass is 10.1. The van der Waals surface area contributed by atoms with Crippen LogP contribution in [0.25, 0.3) is 10.9 Å². The van der Waals surface area contributed by atoms with E-state index in [4.69, 9.17) is 39.7 Å². The fourth-order valence-corrected chi connectivity index (χ4v) is 7.68. The third-order valence-electron chi connectivity index (χ3n) is 9.11. The van der Waals surface area contributed by atoms with E-state index in [0.717, 1.165) is 17.1 Å². The molecule has 5 rings (SSSR count). The highest BCUT2D eigenvalue weighted by Gasteiger charge is 2.52. The molecule has 0 spiro atoms. The molecule has 244 valence electrons. The molecule has 0 saturated carbocycles. The monoisotopic (exact) mass is 670 g/mol. The minimum atomic E-state index is -2.03. The Hall–Kier alpha value is -2.37. The summed E-state index contributed by atoms with van der Waals surface area (Å²) < 4.78 is 40.1. The smallest absolute Gasteiger partial charge is 0.215 e. The summed E-state index contributed by atoms with van der Waals surface area (Å²) in [7, 11) is -3.33. The highest BCUT2D eigenvalue weighted by atomic mass is 35.5. The molecule has 11 heteroatoms. The maximum Gasteiger partial charge on any atom is 0.215 e. The van der Waals surface area contributed by atoms with E-state index in [1.807, 2.05) is 47.0 Å². The molecule has 2 aliphatic heterocycles. The Kier molecular flexibility index (Phi) is 10.1. The fraction of sp³-hybridized carbons (Fsp3) is 0.559. The van der Waals surface area contributed by atoms with Gasteiger partial charge < -0.3 is 28.1 Å². The number of nitriles is 1. The number of aromatic nitrogens is 1. The number of benzene rings is 2. The Labute approximate surface area is 274 Å². The summed E-state index contributed by atoms with van der Waals surface area (Å²) in [6.45, 7) is 20.1. The van der Waals surface area contributed by atoms with Gasteiger partial charge in [-0.1, -0.05) is 82.3 Å². The highest BCUT2D eigenvalue weighted by molar-refractivity contribution is 6.76. The van der Waals surface area contributed by atoms with Crippen LogP contribution in [0.5, 0.6) is 11.6 Å². The molecule has 2 saturated heterocycles. The van der Waals surface area contributed by atoms with E-state index in [1.54, 1.807) is 0 Å². The minimum Gasteiger partial charge on any atom is -0.487 e. The predicted molar refractivity (Wildman–Crippen MR) is 183 cm³/mol. The number of fused-ring (bicyclic) bond motifs is 2. The van der Waals surface area contributed by atoms with Crippen LogP contribution in [0.2, 0.25) is 48.8 Å². The summed E-state index contributed by atoms with van der Waals surface area (Å²) in [5, 5.41) is 11.7. The first kappa shape index (κ1) is 34.0. The molecule has 0 amide bonds. The zero-order valence-electron chi connectivity index (χ0n) is 27.8. The van der Waals surface area contributed by atoms with Gasteiger partial charge in [0.15, 0.2) is 14.4 Å². The second-order valence-electron chi connectivity index (χ2n) is 14.8. The average Bonchev–Trinajstić information content (AvgIpc) is 3.62. The normalized spacial score (nSPS) is 22.0. The highest BCUT2D eigenvalue weighted by Crippen LogP contribution is 2.42. The molecular weight excluding hydrogens is 624 g/mol. The Morgan fingerprint density at radius 3 is 2.31 bits per heavy atom. The number of hydrogen-bond donors (Lipinski definition) is 0. The molecule has 1 unspecified atom stereocenters. The summed E-state index contributed by atoms with van der Waals surface area (Å²) in [4.78, 5) is 0. The molecule has 0 N–H and O–H groups in total. The van der Waals surface area contributed by atoms with Crippen LogP contribution >= 0.6 is 11.6 Å². The van der Waals surface area contributed by atoms with Gasteiger partial charge >= 0.3 is 0 Å². The zero-order chi connectivity index (χ0) is 32.6. The average molecular weight is 671 g/mol. The topological polar surface area (TPSA) is 84.1 Å². The van der Waals surface area contributed by atoms with E-state index in [2.05, 4.69) is 59.6 Å². The molecule has 8 nitrogen and oxygen atoms in total. The SMILES string of the molecule is CC(C)(C)[Si](C)(C)OC1CO[C@H]2[C@@H]1OC[C@H]2Oc1c(C#N)c2cc(OCc3ccccc3)c(Cl)cc2n1COCC[Si](C)(C)C. The number of halogens is 1. The zero-order valence-corrected chi connectivity index (χ0v) is 30.6. The maximum absolute atomic E-state index is 10.5. The molecule has 1 aromatic heterocycles. The van der Waals surface area contributed by atoms with Crippen molar-refractivity contribution in [3.63, 3.8) is 0 Å². The lowest BCUT2D eigenvalue weighted by molar-refractivity contribution is 0.00849. The minimum absolute atomic E-state index is 0.0721. The van der Waals surface area contributed by atoms with Gasteiger partial charge in [-0.15, -0.1) is 0 Å². The summed E-state index contributed by atoms with van der Waals surface area (Å²) in [5.41, 5.74) is 2.17. The summed E-state index contributed by atoms with van der Waals surface area (Å²) >= 11 is 6.76. The molecule has 45 heavy (non-hydrogen) atoms. The quantitative estimate of drug-likeness (QED) is 0.143. The Balaban J connectivity index is 1.43. The molecule has 3 heterocycles. The van der Waals surface area contributed by atoms with Crippen molar-refractivity contribution < 1.29 is 28.1 Å². The second kappa shape index (κ2) is 13.4. The Bertz CT molecular complexity index is 1530. The van der Waals surface area contributed by atoms with E-state index < -0.39 is 22.5 Å². The first-order chi connectivity index (χ1) is 21.2. The van der Waals surface area contributed by atoms with Gasteiger partial charge in [-0.05, 0) is 41.9 Å². The van der Waals surface area contributed by atoms with Gasteiger partial charge in [0.05, 0.1) is 29.9 Å². The first-order valence-corrected chi connectivity index (χ1v) is 22.8. The van der Waals surface area contributed by atoms with Crippen LogP contribution in [0, 0.1) is 11.3 Å². The van der Waals surface area contributed by atoms with Crippen molar-refractivity contribution >= 4 is 38.9 Å². The summed E-state index contributed by atoms with van der Waals surface area (Å²) in [6.07, 6.45) is -1.10. The van der Waals surface area contributed by atoms with Crippen LogP contribution in [-0.4, -0.2) is 65.2 Å².